The first-order valence-electron chi connectivity index (χ1n) is 13.5. The van der Waals surface area contributed by atoms with Crippen molar-refractivity contribution >= 4 is 34.3 Å². The first-order valence-corrected chi connectivity index (χ1v) is 14.5. The topological polar surface area (TPSA) is 65.9 Å². The second kappa shape index (κ2) is 13.3. The fraction of sp³-hybridized carbons (Fsp3) is 0.467. The average Bonchev–Trinajstić information content (AvgIpc) is 2.92. The monoisotopic (exact) mass is 593 g/mol. The van der Waals surface area contributed by atoms with Crippen molar-refractivity contribution in [3.63, 3.8) is 0 Å². The molecule has 2 heterocycles. The van der Waals surface area contributed by atoms with Crippen LogP contribution in [-0.2, 0) is 4.79 Å². The van der Waals surface area contributed by atoms with Crippen LogP contribution in [-0.4, -0.2) is 67.6 Å². The number of carboxylic acids is 1. The zero-order chi connectivity index (χ0) is 29.7. The summed E-state index contributed by atoms with van der Waals surface area (Å²) in [5, 5.41) is 10.4. The molecule has 0 spiro atoms. The summed E-state index contributed by atoms with van der Waals surface area (Å²) in [5.41, 5.74) is 1.26. The highest BCUT2D eigenvalue weighted by Crippen LogP contribution is 2.44. The second-order valence-electron chi connectivity index (χ2n) is 10.8. The fourth-order valence-electron chi connectivity index (χ4n) is 5.60. The molecule has 0 amide bonds. The van der Waals surface area contributed by atoms with Crippen LogP contribution in [0.2, 0.25) is 0 Å². The number of rotatable bonds is 12. The summed E-state index contributed by atoms with van der Waals surface area (Å²) in [6.07, 6.45) is 1.96. The number of carbonyl (C=O) groups is 1. The van der Waals surface area contributed by atoms with Crippen LogP contribution in [0.1, 0.15) is 43.8 Å². The minimum atomic E-state index is -1.34. The molecule has 41 heavy (non-hydrogen) atoms. The van der Waals surface area contributed by atoms with E-state index < -0.39 is 35.0 Å². The first-order chi connectivity index (χ1) is 19.5. The molecule has 0 bridgehead atoms. The van der Waals surface area contributed by atoms with Crippen molar-refractivity contribution < 1.29 is 32.2 Å². The van der Waals surface area contributed by atoms with E-state index in [2.05, 4.69) is 9.88 Å². The molecule has 0 radical (unpaired) electrons. The van der Waals surface area contributed by atoms with E-state index in [1.54, 1.807) is 31.5 Å². The lowest BCUT2D eigenvalue weighted by Gasteiger charge is -2.41. The van der Waals surface area contributed by atoms with Gasteiger partial charge in [0.05, 0.1) is 35.8 Å². The Morgan fingerprint density at radius 2 is 1.85 bits per heavy atom. The highest BCUT2D eigenvalue weighted by molar-refractivity contribution is 7.99. The van der Waals surface area contributed by atoms with Gasteiger partial charge in [0.25, 0.3) is 0 Å². The van der Waals surface area contributed by atoms with Crippen molar-refractivity contribution in [2.75, 3.05) is 51.5 Å². The fourth-order valence-corrected chi connectivity index (χ4v) is 6.55. The van der Waals surface area contributed by atoms with Crippen LogP contribution in [0.5, 0.6) is 5.75 Å². The molecular weight excluding hydrogens is 558 g/mol. The maximum atomic E-state index is 16.1. The van der Waals surface area contributed by atoms with Crippen molar-refractivity contribution in [3.8, 4) is 5.75 Å². The smallest absolute Gasteiger partial charge is 0.303 e. The van der Waals surface area contributed by atoms with E-state index in [4.69, 9.17) is 4.74 Å². The van der Waals surface area contributed by atoms with Gasteiger partial charge >= 0.3 is 5.97 Å². The lowest BCUT2D eigenvalue weighted by atomic mass is 9.71. The van der Waals surface area contributed by atoms with Gasteiger partial charge in [0, 0.05) is 49.5 Å². The molecular formula is C30H35F4N3O3S. The Morgan fingerprint density at radius 3 is 2.46 bits per heavy atom. The highest BCUT2D eigenvalue weighted by Gasteiger charge is 2.37. The van der Waals surface area contributed by atoms with E-state index >= 15 is 4.39 Å². The number of pyridine rings is 1. The number of fused-ring (bicyclic) bond motifs is 1. The Hall–Kier alpha value is -3.05. The van der Waals surface area contributed by atoms with E-state index in [0.29, 0.717) is 84.7 Å². The number of nitrogens with zero attached hydrogens (tertiary/aromatic N) is 3. The number of methoxy groups -OCH3 is 1. The maximum absolute atomic E-state index is 16.1. The molecule has 1 fully saturated rings. The highest BCUT2D eigenvalue weighted by atomic mass is 32.2. The molecule has 4 rings (SSSR count). The van der Waals surface area contributed by atoms with E-state index in [9.17, 15) is 23.1 Å². The number of hydrogen-bond acceptors (Lipinski definition) is 6. The normalized spacial score (nSPS) is 16.1. The van der Waals surface area contributed by atoms with Gasteiger partial charge in [0.1, 0.15) is 29.4 Å². The Balaban J connectivity index is 1.43. The van der Waals surface area contributed by atoms with Gasteiger partial charge < -0.3 is 19.6 Å². The van der Waals surface area contributed by atoms with E-state index in [1.165, 1.54) is 0 Å². The number of likely N-dealkylation sites (tertiary alicyclic amines) is 1. The number of halogens is 4. The molecule has 1 aliphatic heterocycles. The number of ether oxygens (including phenoxy) is 1. The van der Waals surface area contributed by atoms with Crippen LogP contribution in [0, 0.1) is 22.9 Å². The van der Waals surface area contributed by atoms with Gasteiger partial charge in [-0.1, -0.05) is 0 Å². The number of alkyl halides is 1. The maximum Gasteiger partial charge on any atom is 0.303 e. The molecule has 3 aromatic rings. The molecule has 1 N–H and O–H groups in total. The molecule has 1 aromatic heterocycles. The zero-order valence-electron chi connectivity index (χ0n) is 23.4. The van der Waals surface area contributed by atoms with Crippen LogP contribution in [0.3, 0.4) is 0 Å². The molecule has 1 aliphatic rings. The average molecular weight is 594 g/mol. The molecule has 6 nitrogen and oxygen atoms in total. The molecule has 1 atom stereocenters. The molecule has 0 saturated carbocycles. The third kappa shape index (κ3) is 7.43. The van der Waals surface area contributed by atoms with Gasteiger partial charge in [-0.2, -0.15) is 0 Å². The molecule has 0 aliphatic carbocycles. The number of piperidine rings is 1. The largest absolute Gasteiger partial charge is 0.497 e. The third-order valence-corrected chi connectivity index (χ3v) is 8.94. The number of thioether (sulfide) groups is 1. The Labute approximate surface area is 241 Å². The second-order valence-corrected chi connectivity index (χ2v) is 11.9. The van der Waals surface area contributed by atoms with Crippen molar-refractivity contribution in [3.05, 3.63) is 59.5 Å². The van der Waals surface area contributed by atoms with Gasteiger partial charge in [-0.05, 0) is 62.4 Å². The van der Waals surface area contributed by atoms with Gasteiger partial charge in [0.15, 0.2) is 0 Å². The number of hydrogen-bond donors (Lipinski definition) is 1. The zero-order valence-corrected chi connectivity index (χ0v) is 24.2. The van der Waals surface area contributed by atoms with Crippen molar-refractivity contribution in [2.45, 2.75) is 43.2 Å². The summed E-state index contributed by atoms with van der Waals surface area (Å²) in [6, 6.07) is 6.68. The predicted octanol–water partition coefficient (Wildman–Crippen LogP) is 6.87. The summed E-state index contributed by atoms with van der Waals surface area (Å²) < 4.78 is 62.6. The van der Waals surface area contributed by atoms with Crippen LogP contribution in [0.15, 0.2) is 41.4 Å². The summed E-state index contributed by atoms with van der Waals surface area (Å²) in [6.45, 7) is 1.72. The Kier molecular flexibility index (Phi) is 10.0. The third-order valence-electron chi connectivity index (χ3n) is 7.88. The number of benzene rings is 2. The van der Waals surface area contributed by atoms with Crippen molar-refractivity contribution in [1.82, 2.24) is 9.88 Å². The minimum absolute atomic E-state index is 0.0558. The van der Waals surface area contributed by atoms with Gasteiger partial charge in [-0.3, -0.25) is 9.78 Å². The Morgan fingerprint density at radius 1 is 1.17 bits per heavy atom. The van der Waals surface area contributed by atoms with E-state index in [0.717, 1.165) is 11.8 Å². The lowest BCUT2D eigenvalue weighted by molar-refractivity contribution is -0.141. The Bertz CT molecular complexity index is 1360. The van der Waals surface area contributed by atoms with Crippen LogP contribution >= 0.6 is 11.8 Å². The number of anilines is 1. The minimum Gasteiger partial charge on any atom is -0.497 e. The first kappa shape index (κ1) is 30.9. The molecule has 11 heteroatoms. The molecule has 1 saturated heterocycles. The van der Waals surface area contributed by atoms with Gasteiger partial charge in [0.2, 0.25) is 0 Å². The molecule has 2 aromatic carbocycles. The number of aromatic nitrogens is 1. The van der Waals surface area contributed by atoms with Gasteiger partial charge in [-0.25, -0.2) is 17.6 Å². The van der Waals surface area contributed by atoms with Crippen molar-refractivity contribution in [2.24, 2.45) is 5.41 Å². The predicted molar refractivity (Wildman–Crippen MR) is 153 cm³/mol. The van der Waals surface area contributed by atoms with Crippen LogP contribution in [0.4, 0.5) is 23.2 Å². The van der Waals surface area contributed by atoms with Crippen LogP contribution < -0.4 is 9.64 Å². The quantitative estimate of drug-likeness (QED) is 0.182. The standard InChI is InChI=1S/C30H35F4N3O3S/c1-36(2)26-18-35-25-5-4-20(40-3)16-21(25)28(26)22(32)6-7-30(17-27(38)39)8-10-37(11-9-30)12-13-41-29-23(33)14-19(31)15-24(29)34/h4-5,14-16,18,22H,6-13,17H2,1-3H3,(H,38,39)/t22-/m1/s1. The summed E-state index contributed by atoms with van der Waals surface area (Å²) in [4.78, 5) is 20.0. The van der Waals surface area contributed by atoms with Crippen molar-refractivity contribution in [1.29, 1.82) is 0 Å². The van der Waals surface area contributed by atoms with E-state index in [1.807, 2.05) is 19.0 Å². The van der Waals surface area contributed by atoms with E-state index in [-0.39, 0.29) is 17.7 Å². The lowest BCUT2D eigenvalue weighted by Crippen LogP contribution is -2.42. The summed E-state index contributed by atoms with van der Waals surface area (Å²) in [5.74, 6) is -2.73. The number of aliphatic carboxylic acids is 1. The summed E-state index contributed by atoms with van der Waals surface area (Å²) in [7, 11) is 5.22. The molecule has 0 unspecified atom stereocenters. The SMILES string of the molecule is COc1ccc2ncc(N(C)C)c([C@H](F)CCC3(CC(=O)O)CCN(CCSc4c(F)cc(F)cc4F)CC3)c2c1. The number of carboxylic acid groups (broad SMARTS) is 1. The van der Waals surface area contributed by atoms with Crippen LogP contribution in [0.25, 0.3) is 10.9 Å². The van der Waals surface area contributed by atoms with Gasteiger partial charge in [-0.15, -0.1) is 11.8 Å². The summed E-state index contributed by atoms with van der Waals surface area (Å²) >= 11 is 0.985. The molecule has 222 valence electrons.